The number of amides is 1. The lowest BCUT2D eigenvalue weighted by molar-refractivity contribution is -0.384. The van der Waals surface area contributed by atoms with Crippen LogP contribution in [0.25, 0.3) is 0 Å². The van der Waals surface area contributed by atoms with Crippen LogP contribution in [0.4, 0.5) is 11.4 Å². The summed E-state index contributed by atoms with van der Waals surface area (Å²) in [5.74, 6) is -0.123. The number of nitrogens with zero attached hydrogens (tertiary/aromatic N) is 4. The van der Waals surface area contributed by atoms with Gasteiger partial charge in [-0.1, -0.05) is 11.8 Å². The van der Waals surface area contributed by atoms with Crippen molar-refractivity contribution in [3.8, 4) is 0 Å². The standard InChI is InChI=1S/C13H13N5O3S/c1-8-9(2)16-17-13(14-8)22-7-12(19)15-10-3-5-11(6-4-10)18(20)21/h3-6H,7H2,1-2H3,(H,15,19). The van der Waals surface area contributed by atoms with Crippen LogP contribution in [0, 0.1) is 24.0 Å². The molecule has 0 spiro atoms. The molecule has 0 unspecified atom stereocenters. The number of hydrogen-bond acceptors (Lipinski definition) is 7. The molecular formula is C13H13N5O3S. The Morgan fingerprint density at radius 1 is 1.23 bits per heavy atom. The van der Waals surface area contributed by atoms with Gasteiger partial charge in [0.05, 0.1) is 22.1 Å². The van der Waals surface area contributed by atoms with Crippen molar-refractivity contribution in [2.24, 2.45) is 0 Å². The molecule has 2 rings (SSSR count). The van der Waals surface area contributed by atoms with Gasteiger partial charge in [-0.3, -0.25) is 14.9 Å². The molecule has 0 aliphatic heterocycles. The molecule has 0 aliphatic rings. The van der Waals surface area contributed by atoms with Crippen LogP contribution in [0.3, 0.4) is 0 Å². The lowest BCUT2D eigenvalue weighted by Crippen LogP contribution is -2.14. The van der Waals surface area contributed by atoms with Gasteiger partial charge in [0.25, 0.3) is 5.69 Å². The molecule has 0 aliphatic carbocycles. The largest absolute Gasteiger partial charge is 0.325 e. The Kier molecular flexibility index (Phi) is 4.99. The quantitative estimate of drug-likeness (QED) is 0.510. The van der Waals surface area contributed by atoms with E-state index in [-0.39, 0.29) is 17.3 Å². The van der Waals surface area contributed by atoms with E-state index in [2.05, 4.69) is 20.5 Å². The van der Waals surface area contributed by atoms with E-state index >= 15 is 0 Å². The van der Waals surface area contributed by atoms with Gasteiger partial charge in [-0.25, -0.2) is 4.98 Å². The van der Waals surface area contributed by atoms with Crippen molar-refractivity contribution in [3.05, 3.63) is 45.8 Å². The van der Waals surface area contributed by atoms with E-state index < -0.39 is 4.92 Å². The molecule has 0 bridgehead atoms. The second kappa shape index (κ2) is 6.94. The van der Waals surface area contributed by atoms with Crippen LogP contribution in [-0.2, 0) is 4.79 Å². The maximum absolute atomic E-state index is 11.8. The molecule has 9 heteroatoms. The van der Waals surface area contributed by atoms with Crippen molar-refractivity contribution >= 4 is 29.0 Å². The van der Waals surface area contributed by atoms with Crippen LogP contribution in [0.5, 0.6) is 0 Å². The number of aryl methyl sites for hydroxylation is 2. The Labute approximate surface area is 130 Å². The molecule has 1 heterocycles. The fourth-order valence-electron chi connectivity index (χ4n) is 1.49. The monoisotopic (exact) mass is 319 g/mol. The number of carbonyl (C=O) groups is 1. The van der Waals surface area contributed by atoms with Crippen LogP contribution in [-0.4, -0.2) is 31.8 Å². The van der Waals surface area contributed by atoms with Gasteiger partial charge in [0, 0.05) is 17.8 Å². The topological polar surface area (TPSA) is 111 Å². The summed E-state index contributed by atoms with van der Waals surface area (Å²) >= 11 is 1.17. The second-order valence-electron chi connectivity index (χ2n) is 4.41. The number of rotatable bonds is 5. The first kappa shape index (κ1) is 15.8. The normalized spacial score (nSPS) is 10.3. The molecule has 8 nitrogen and oxygen atoms in total. The molecule has 0 atom stereocenters. The van der Waals surface area contributed by atoms with Gasteiger partial charge >= 0.3 is 0 Å². The zero-order valence-corrected chi connectivity index (χ0v) is 12.8. The first-order valence-electron chi connectivity index (χ1n) is 6.31. The zero-order valence-electron chi connectivity index (χ0n) is 11.9. The molecule has 1 N–H and O–H groups in total. The summed E-state index contributed by atoms with van der Waals surface area (Å²) in [6.07, 6.45) is 0. The summed E-state index contributed by atoms with van der Waals surface area (Å²) in [4.78, 5) is 26.1. The summed E-state index contributed by atoms with van der Waals surface area (Å²) in [5, 5.41) is 21.5. The molecule has 114 valence electrons. The molecule has 0 fully saturated rings. The minimum Gasteiger partial charge on any atom is -0.325 e. The lowest BCUT2D eigenvalue weighted by atomic mass is 10.3. The molecule has 1 aromatic heterocycles. The smallest absolute Gasteiger partial charge is 0.269 e. The van der Waals surface area contributed by atoms with Crippen LogP contribution in [0.15, 0.2) is 29.4 Å². The van der Waals surface area contributed by atoms with Crippen molar-refractivity contribution in [2.75, 3.05) is 11.1 Å². The number of thioether (sulfide) groups is 1. The Bertz CT molecular complexity index is 705. The molecule has 1 aromatic carbocycles. The van der Waals surface area contributed by atoms with E-state index in [1.54, 1.807) is 0 Å². The van der Waals surface area contributed by atoms with E-state index in [1.165, 1.54) is 36.0 Å². The Hall–Kier alpha value is -2.55. The fraction of sp³-hybridized carbons (Fsp3) is 0.231. The number of non-ortho nitro benzene ring substituents is 1. The van der Waals surface area contributed by atoms with Crippen LogP contribution < -0.4 is 5.32 Å². The molecule has 22 heavy (non-hydrogen) atoms. The highest BCUT2D eigenvalue weighted by atomic mass is 32.2. The summed E-state index contributed by atoms with van der Waals surface area (Å²) in [5.41, 5.74) is 1.99. The van der Waals surface area contributed by atoms with Crippen molar-refractivity contribution in [1.82, 2.24) is 15.2 Å². The highest BCUT2D eigenvalue weighted by Gasteiger charge is 2.09. The van der Waals surface area contributed by atoms with Crippen molar-refractivity contribution in [3.63, 3.8) is 0 Å². The Morgan fingerprint density at radius 2 is 1.91 bits per heavy atom. The van der Waals surface area contributed by atoms with Crippen LogP contribution in [0.2, 0.25) is 0 Å². The van der Waals surface area contributed by atoms with Gasteiger partial charge in [0.1, 0.15) is 0 Å². The molecular weight excluding hydrogens is 306 g/mol. The fourth-order valence-corrected chi connectivity index (χ4v) is 2.12. The number of aromatic nitrogens is 3. The SMILES string of the molecule is Cc1nnc(SCC(=O)Nc2ccc([N+](=O)[O-])cc2)nc1C. The maximum Gasteiger partial charge on any atom is 0.269 e. The molecule has 0 saturated heterocycles. The lowest BCUT2D eigenvalue weighted by Gasteiger charge is -2.05. The van der Waals surface area contributed by atoms with Gasteiger partial charge < -0.3 is 5.32 Å². The Balaban J connectivity index is 1.89. The van der Waals surface area contributed by atoms with E-state index in [0.717, 1.165) is 11.4 Å². The van der Waals surface area contributed by atoms with Gasteiger partial charge in [-0.05, 0) is 26.0 Å². The average Bonchev–Trinajstić information content (AvgIpc) is 2.49. The number of nitro benzene ring substituents is 1. The number of hydrogen-bond donors (Lipinski definition) is 1. The van der Waals surface area contributed by atoms with Gasteiger partial charge in [-0.2, -0.15) is 5.10 Å². The van der Waals surface area contributed by atoms with Crippen molar-refractivity contribution < 1.29 is 9.72 Å². The highest BCUT2D eigenvalue weighted by Crippen LogP contribution is 2.17. The predicted octanol–water partition coefficient (Wildman–Crippen LogP) is 2.13. The van der Waals surface area contributed by atoms with E-state index in [4.69, 9.17) is 0 Å². The summed E-state index contributed by atoms with van der Waals surface area (Å²) in [6, 6.07) is 5.63. The van der Waals surface area contributed by atoms with Gasteiger partial charge in [-0.15, -0.1) is 5.10 Å². The number of nitrogens with one attached hydrogen (secondary N) is 1. The predicted molar refractivity (Wildman–Crippen MR) is 81.8 cm³/mol. The van der Waals surface area contributed by atoms with E-state index in [1.807, 2.05) is 13.8 Å². The van der Waals surface area contributed by atoms with Crippen LogP contribution >= 0.6 is 11.8 Å². The van der Waals surface area contributed by atoms with Crippen molar-refractivity contribution in [1.29, 1.82) is 0 Å². The van der Waals surface area contributed by atoms with E-state index in [9.17, 15) is 14.9 Å². The Morgan fingerprint density at radius 3 is 2.50 bits per heavy atom. The number of benzene rings is 1. The van der Waals surface area contributed by atoms with Gasteiger partial charge in [0.15, 0.2) is 0 Å². The average molecular weight is 319 g/mol. The summed E-state index contributed by atoms with van der Waals surface area (Å²) in [7, 11) is 0. The maximum atomic E-state index is 11.8. The first-order chi connectivity index (χ1) is 10.5. The molecule has 0 radical (unpaired) electrons. The minimum atomic E-state index is -0.495. The summed E-state index contributed by atoms with van der Waals surface area (Å²) < 4.78 is 0. The molecule has 0 saturated carbocycles. The number of nitro groups is 1. The highest BCUT2D eigenvalue weighted by molar-refractivity contribution is 7.99. The second-order valence-corrected chi connectivity index (χ2v) is 5.35. The third-order valence-corrected chi connectivity index (χ3v) is 3.60. The first-order valence-corrected chi connectivity index (χ1v) is 7.29. The minimum absolute atomic E-state index is 0.0259. The third kappa shape index (κ3) is 4.22. The van der Waals surface area contributed by atoms with Crippen LogP contribution in [0.1, 0.15) is 11.4 Å². The molecule has 2 aromatic rings. The number of carbonyl (C=O) groups excluding carboxylic acids is 1. The third-order valence-electron chi connectivity index (χ3n) is 2.77. The zero-order chi connectivity index (χ0) is 16.1. The van der Waals surface area contributed by atoms with Crippen molar-refractivity contribution in [2.45, 2.75) is 19.0 Å². The van der Waals surface area contributed by atoms with Gasteiger partial charge in [0.2, 0.25) is 11.1 Å². The van der Waals surface area contributed by atoms with E-state index in [0.29, 0.717) is 10.8 Å². The summed E-state index contributed by atoms with van der Waals surface area (Å²) in [6.45, 7) is 3.64. The molecule has 1 amide bonds. The number of anilines is 1.